The van der Waals surface area contributed by atoms with E-state index in [1.165, 1.54) is 24.3 Å². The largest absolute Gasteiger partial charge is 0.496 e. The Hall–Kier alpha value is -1.68. The molecule has 0 radical (unpaired) electrons. The molecular weight excluding hydrogens is 323 g/mol. The second-order valence-electron chi connectivity index (χ2n) is 4.30. The zero-order valence-electron chi connectivity index (χ0n) is 11.0. The zero-order valence-corrected chi connectivity index (χ0v) is 12.6. The minimum Gasteiger partial charge on any atom is -0.496 e. The van der Waals surface area contributed by atoms with Crippen molar-refractivity contribution in [2.45, 2.75) is 6.42 Å². The van der Waals surface area contributed by atoms with Crippen molar-refractivity contribution in [3.8, 4) is 5.75 Å². The molecule has 0 bridgehead atoms. The summed E-state index contributed by atoms with van der Waals surface area (Å²) in [6.07, 6.45) is 0.828. The van der Waals surface area contributed by atoms with Crippen molar-refractivity contribution in [2.75, 3.05) is 12.4 Å². The molecule has 20 heavy (non-hydrogen) atoms. The van der Waals surface area contributed by atoms with E-state index in [0.717, 1.165) is 17.3 Å². The number of hydrogen-bond acceptors (Lipinski definition) is 2. The molecule has 2 rings (SSSR count). The van der Waals surface area contributed by atoms with Gasteiger partial charge in [-0.1, -0.05) is 28.1 Å². The number of carbonyl (C=O) groups excluding carboxylic acids is 1. The SMILES string of the molecule is COc1cc(C(=O)c2ccc(F)cc2)ccc1CCBr. The maximum atomic E-state index is 12.9. The van der Waals surface area contributed by atoms with Crippen LogP contribution in [0.3, 0.4) is 0 Å². The molecular formula is C16H14BrFO2. The van der Waals surface area contributed by atoms with Crippen LogP contribution in [0.15, 0.2) is 42.5 Å². The predicted octanol–water partition coefficient (Wildman–Crippen LogP) is 4.00. The highest BCUT2D eigenvalue weighted by Crippen LogP contribution is 2.23. The highest BCUT2D eigenvalue weighted by atomic mass is 79.9. The molecule has 0 saturated carbocycles. The van der Waals surface area contributed by atoms with E-state index in [1.54, 1.807) is 19.2 Å². The van der Waals surface area contributed by atoms with E-state index in [0.29, 0.717) is 16.9 Å². The van der Waals surface area contributed by atoms with Gasteiger partial charge >= 0.3 is 0 Å². The van der Waals surface area contributed by atoms with Crippen molar-refractivity contribution in [1.29, 1.82) is 0 Å². The van der Waals surface area contributed by atoms with Crippen LogP contribution in [0.2, 0.25) is 0 Å². The predicted molar refractivity (Wildman–Crippen MR) is 80.3 cm³/mol. The Kier molecular flexibility index (Phi) is 4.90. The van der Waals surface area contributed by atoms with Gasteiger partial charge in [-0.25, -0.2) is 4.39 Å². The normalized spacial score (nSPS) is 10.3. The van der Waals surface area contributed by atoms with E-state index in [2.05, 4.69) is 15.9 Å². The second-order valence-corrected chi connectivity index (χ2v) is 5.09. The first kappa shape index (κ1) is 14.7. The van der Waals surface area contributed by atoms with Gasteiger partial charge in [-0.15, -0.1) is 0 Å². The topological polar surface area (TPSA) is 26.3 Å². The Bertz CT molecular complexity index is 608. The smallest absolute Gasteiger partial charge is 0.193 e. The van der Waals surface area contributed by atoms with Gasteiger partial charge in [0.15, 0.2) is 5.78 Å². The number of aryl methyl sites for hydroxylation is 1. The maximum Gasteiger partial charge on any atom is 0.193 e. The Labute approximate surface area is 125 Å². The summed E-state index contributed by atoms with van der Waals surface area (Å²) in [6.45, 7) is 0. The second kappa shape index (κ2) is 6.66. The minimum atomic E-state index is -0.355. The van der Waals surface area contributed by atoms with Gasteiger partial charge in [-0.05, 0) is 42.3 Å². The van der Waals surface area contributed by atoms with Gasteiger partial charge in [-0.3, -0.25) is 4.79 Å². The van der Waals surface area contributed by atoms with Gasteiger partial charge in [0.25, 0.3) is 0 Å². The summed E-state index contributed by atoms with van der Waals surface area (Å²) in [5.41, 5.74) is 2.04. The summed E-state index contributed by atoms with van der Waals surface area (Å²) >= 11 is 3.38. The Morgan fingerprint density at radius 1 is 1.15 bits per heavy atom. The van der Waals surface area contributed by atoms with Gasteiger partial charge in [0.2, 0.25) is 0 Å². The van der Waals surface area contributed by atoms with Crippen LogP contribution in [0.5, 0.6) is 5.75 Å². The van der Waals surface area contributed by atoms with Crippen LogP contribution < -0.4 is 4.74 Å². The number of hydrogen-bond donors (Lipinski definition) is 0. The molecule has 0 saturated heterocycles. The molecule has 0 aliphatic carbocycles. The van der Waals surface area contributed by atoms with Gasteiger partial charge < -0.3 is 4.74 Å². The molecule has 2 nitrogen and oxygen atoms in total. The lowest BCUT2D eigenvalue weighted by atomic mass is 10.0. The quantitative estimate of drug-likeness (QED) is 0.609. The number of rotatable bonds is 5. The maximum absolute atomic E-state index is 12.9. The zero-order chi connectivity index (χ0) is 14.5. The lowest BCUT2D eigenvalue weighted by Crippen LogP contribution is -2.03. The van der Waals surface area contributed by atoms with E-state index in [4.69, 9.17) is 4.74 Å². The highest BCUT2D eigenvalue weighted by Gasteiger charge is 2.12. The van der Waals surface area contributed by atoms with Crippen molar-refractivity contribution >= 4 is 21.7 Å². The van der Waals surface area contributed by atoms with E-state index in [-0.39, 0.29) is 11.6 Å². The summed E-state index contributed by atoms with van der Waals surface area (Å²) in [5, 5.41) is 0.828. The Morgan fingerprint density at radius 3 is 2.40 bits per heavy atom. The molecule has 0 atom stereocenters. The van der Waals surface area contributed by atoms with E-state index >= 15 is 0 Å². The fourth-order valence-electron chi connectivity index (χ4n) is 1.96. The van der Waals surface area contributed by atoms with Crippen LogP contribution in [-0.4, -0.2) is 18.2 Å². The molecule has 0 fully saturated rings. The summed E-state index contributed by atoms with van der Waals surface area (Å²) in [7, 11) is 1.58. The lowest BCUT2D eigenvalue weighted by molar-refractivity contribution is 0.103. The molecule has 0 amide bonds. The number of ether oxygens (including phenoxy) is 1. The Morgan fingerprint density at radius 2 is 1.80 bits per heavy atom. The van der Waals surface area contributed by atoms with Gasteiger partial charge in [0.1, 0.15) is 11.6 Å². The molecule has 104 valence electrons. The molecule has 2 aromatic rings. The van der Waals surface area contributed by atoms with Crippen molar-refractivity contribution in [3.63, 3.8) is 0 Å². The highest BCUT2D eigenvalue weighted by molar-refractivity contribution is 9.09. The van der Waals surface area contributed by atoms with Crippen LogP contribution >= 0.6 is 15.9 Å². The Balaban J connectivity index is 2.32. The molecule has 0 aliphatic heterocycles. The monoisotopic (exact) mass is 336 g/mol. The summed E-state index contributed by atoms with van der Waals surface area (Å²) in [6, 6.07) is 10.9. The van der Waals surface area contributed by atoms with E-state index in [1.807, 2.05) is 6.07 Å². The third kappa shape index (κ3) is 3.25. The van der Waals surface area contributed by atoms with Crippen LogP contribution in [0.1, 0.15) is 21.5 Å². The lowest BCUT2D eigenvalue weighted by Gasteiger charge is -2.09. The number of benzene rings is 2. The van der Waals surface area contributed by atoms with Crippen LogP contribution in [0, 0.1) is 5.82 Å². The number of halogens is 2. The third-order valence-electron chi connectivity index (χ3n) is 3.02. The van der Waals surface area contributed by atoms with Crippen LogP contribution in [-0.2, 0) is 6.42 Å². The van der Waals surface area contributed by atoms with Crippen molar-refractivity contribution in [1.82, 2.24) is 0 Å². The van der Waals surface area contributed by atoms with E-state index < -0.39 is 0 Å². The van der Waals surface area contributed by atoms with Crippen LogP contribution in [0.25, 0.3) is 0 Å². The average Bonchev–Trinajstić information content (AvgIpc) is 2.48. The molecule has 0 unspecified atom stereocenters. The number of carbonyl (C=O) groups is 1. The standard InChI is InChI=1S/C16H14BrFO2/c1-20-15-10-13(3-2-11(15)8-9-17)16(19)12-4-6-14(18)7-5-12/h2-7,10H,8-9H2,1H3. The van der Waals surface area contributed by atoms with Crippen molar-refractivity contribution in [3.05, 3.63) is 65.0 Å². The summed E-state index contributed by atoms with van der Waals surface area (Å²) in [5.74, 6) is 0.193. The summed E-state index contributed by atoms with van der Waals surface area (Å²) < 4.78 is 18.2. The number of ketones is 1. The molecule has 2 aromatic carbocycles. The van der Waals surface area contributed by atoms with Crippen molar-refractivity contribution < 1.29 is 13.9 Å². The number of methoxy groups -OCH3 is 1. The fourth-order valence-corrected chi connectivity index (χ4v) is 2.39. The molecule has 0 heterocycles. The molecule has 0 aliphatic rings. The molecule has 0 spiro atoms. The van der Waals surface area contributed by atoms with Crippen LogP contribution in [0.4, 0.5) is 4.39 Å². The van der Waals surface area contributed by atoms with E-state index in [9.17, 15) is 9.18 Å². The van der Waals surface area contributed by atoms with Gasteiger partial charge in [0, 0.05) is 16.5 Å². The fraction of sp³-hybridized carbons (Fsp3) is 0.188. The first-order chi connectivity index (χ1) is 9.65. The first-order valence-electron chi connectivity index (χ1n) is 6.19. The molecule has 0 aromatic heterocycles. The summed E-state index contributed by atoms with van der Waals surface area (Å²) in [4.78, 5) is 12.3. The molecule has 0 N–H and O–H groups in total. The van der Waals surface area contributed by atoms with Crippen molar-refractivity contribution in [2.24, 2.45) is 0 Å². The van der Waals surface area contributed by atoms with Gasteiger partial charge in [0.05, 0.1) is 7.11 Å². The average molecular weight is 337 g/mol. The first-order valence-corrected chi connectivity index (χ1v) is 7.31. The third-order valence-corrected chi connectivity index (χ3v) is 3.42. The number of alkyl halides is 1. The van der Waals surface area contributed by atoms with Gasteiger partial charge in [-0.2, -0.15) is 0 Å². The molecule has 4 heteroatoms. The minimum absolute atomic E-state index is 0.145.